The third-order valence-corrected chi connectivity index (χ3v) is 4.86. The molecule has 7 heteroatoms. The lowest BCUT2D eigenvalue weighted by molar-refractivity contribution is -0.129. The van der Waals surface area contributed by atoms with Crippen molar-refractivity contribution in [2.75, 3.05) is 25.2 Å². The Morgan fingerprint density at radius 2 is 1.77 bits per heavy atom. The first-order valence-electron chi connectivity index (χ1n) is 8.05. The molecule has 1 aliphatic heterocycles. The van der Waals surface area contributed by atoms with E-state index in [4.69, 9.17) is 4.74 Å². The van der Waals surface area contributed by atoms with Gasteiger partial charge in [0.15, 0.2) is 0 Å². The summed E-state index contributed by atoms with van der Waals surface area (Å²) in [5.41, 5.74) is 0.386. The molecule has 3 rings (SSSR count). The number of carbonyl (C=O) groups is 3. The summed E-state index contributed by atoms with van der Waals surface area (Å²) in [5.74, 6) is -1.22. The van der Waals surface area contributed by atoms with E-state index in [2.05, 4.69) is 0 Å². The molecule has 0 spiro atoms. The fraction of sp³-hybridized carbons (Fsp3) is 0.211. The van der Waals surface area contributed by atoms with Crippen LogP contribution in [0.15, 0.2) is 48.0 Å². The second-order valence-corrected chi connectivity index (χ2v) is 7.03. The molecule has 0 saturated carbocycles. The van der Waals surface area contributed by atoms with Gasteiger partial charge in [0.1, 0.15) is 5.57 Å². The number of barbiturate groups is 1. The zero-order valence-corrected chi connectivity index (χ0v) is 15.3. The number of nitrogens with zero attached hydrogens (tertiary/aromatic N) is 2. The van der Waals surface area contributed by atoms with Crippen molar-refractivity contribution in [3.05, 3.63) is 57.8 Å². The number of hydrogen-bond donors (Lipinski definition) is 0. The third kappa shape index (κ3) is 3.44. The van der Waals surface area contributed by atoms with E-state index in [9.17, 15) is 14.4 Å². The molecular formula is C19H18N2O4S. The maximum Gasteiger partial charge on any atom is 0.338 e. The Labute approximate surface area is 155 Å². The van der Waals surface area contributed by atoms with Crippen molar-refractivity contribution in [1.29, 1.82) is 0 Å². The van der Waals surface area contributed by atoms with E-state index in [1.54, 1.807) is 36.4 Å². The Morgan fingerprint density at radius 3 is 2.38 bits per heavy atom. The fourth-order valence-corrected chi connectivity index (χ4v) is 3.45. The average Bonchev–Trinajstić information content (AvgIpc) is 3.05. The lowest BCUT2D eigenvalue weighted by Crippen LogP contribution is -2.57. The van der Waals surface area contributed by atoms with Crippen molar-refractivity contribution in [1.82, 2.24) is 4.90 Å². The van der Waals surface area contributed by atoms with Gasteiger partial charge in [0, 0.05) is 16.9 Å². The monoisotopic (exact) mass is 370 g/mol. The van der Waals surface area contributed by atoms with E-state index in [0.717, 1.165) is 19.6 Å². The van der Waals surface area contributed by atoms with Crippen LogP contribution in [0.25, 0.3) is 6.08 Å². The van der Waals surface area contributed by atoms with E-state index in [1.165, 1.54) is 18.4 Å². The van der Waals surface area contributed by atoms with E-state index in [-0.39, 0.29) is 18.7 Å². The Kier molecular flexibility index (Phi) is 5.29. The minimum Gasteiger partial charge on any atom is -0.383 e. The predicted molar refractivity (Wildman–Crippen MR) is 99.9 cm³/mol. The van der Waals surface area contributed by atoms with Crippen molar-refractivity contribution in [3.63, 3.8) is 0 Å². The number of thiophene rings is 1. The van der Waals surface area contributed by atoms with Gasteiger partial charge in [0.05, 0.1) is 18.8 Å². The summed E-state index contributed by atoms with van der Waals surface area (Å²) < 4.78 is 5.00. The van der Waals surface area contributed by atoms with Crippen molar-refractivity contribution < 1.29 is 19.1 Å². The van der Waals surface area contributed by atoms with Crippen molar-refractivity contribution in [2.24, 2.45) is 0 Å². The summed E-state index contributed by atoms with van der Waals surface area (Å²) >= 11 is 1.47. The minimum atomic E-state index is -0.664. The Morgan fingerprint density at radius 1 is 1.04 bits per heavy atom. The van der Waals surface area contributed by atoms with Crippen LogP contribution in [0.3, 0.4) is 0 Å². The fourth-order valence-electron chi connectivity index (χ4n) is 2.63. The number of methoxy groups -OCH3 is 1. The van der Waals surface area contributed by atoms with Crippen LogP contribution in [0, 0.1) is 6.92 Å². The quantitative estimate of drug-likeness (QED) is 0.599. The van der Waals surface area contributed by atoms with Crippen molar-refractivity contribution in [2.45, 2.75) is 6.92 Å². The van der Waals surface area contributed by atoms with E-state index in [0.29, 0.717) is 5.69 Å². The number of rotatable bonds is 5. The second kappa shape index (κ2) is 7.63. The zero-order valence-electron chi connectivity index (χ0n) is 14.5. The van der Waals surface area contributed by atoms with Gasteiger partial charge in [-0.25, -0.2) is 9.69 Å². The lowest BCUT2D eigenvalue weighted by atomic mass is 10.1. The van der Waals surface area contributed by atoms with E-state index in [1.807, 2.05) is 19.1 Å². The molecule has 6 nitrogen and oxygen atoms in total. The van der Waals surface area contributed by atoms with Gasteiger partial charge in [-0.15, -0.1) is 11.3 Å². The van der Waals surface area contributed by atoms with Gasteiger partial charge in [-0.2, -0.15) is 0 Å². The van der Waals surface area contributed by atoms with E-state index < -0.39 is 17.8 Å². The normalized spacial score (nSPS) is 16.7. The predicted octanol–water partition coefficient (Wildman–Crippen LogP) is 3.08. The highest BCUT2D eigenvalue weighted by atomic mass is 32.1. The maximum absolute atomic E-state index is 12.9. The van der Waals surface area contributed by atoms with Crippen LogP contribution in [0.4, 0.5) is 10.5 Å². The summed E-state index contributed by atoms with van der Waals surface area (Å²) in [6.45, 7) is 2.22. The molecule has 0 unspecified atom stereocenters. The molecule has 1 saturated heterocycles. The van der Waals surface area contributed by atoms with Crippen LogP contribution in [-0.2, 0) is 14.3 Å². The molecule has 1 aromatic carbocycles. The third-order valence-electron chi connectivity index (χ3n) is 3.91. The molecule has 1 aromatic heterocycles. The highest BCUT2D eigenvalue weighted by molar-refractivity contribution is 7.12. The molecule has 0 radical (unpaired) electrons. The average molecular weight is 370 g/mol. The Bertz CT molecular complexity index is 873. The van der Waals surface area contributed by atoms with Crippen molar-refractivity contribution in [3.8, 4) is 0 Å². The molecule has 1 fully saturated rings. The molecule has 26 heavy (non-hydrogen) atoms. The first-order valence-corrected chi connectivity index (χ1v) is 8.87. The molecule has 0 bridgehead atoms. The van der Waals surface area contributed by atoms with E-state index >= 15 is 0 Å². The topological polar surface area (TPSA) is 66.9 Å². The molecule has 4 amide bonds. The first-order chi connectivity index (χ1) is 12.5. The maximum atomic E-state index is 12.9. The number of carbonyl (C=O) groups excluding carboxylic acids is 3. The molecule has 1 aliphatic rings. The molecule has 0 atom stereocenters. The Hall–Kier alpha value is -2.77. The van der Waals surface area contributed by atoms with Crippen LogP contribution in [0.5, 0.6) is 0 Å². The SMILES string of the molecule is COCCN1C(=O)/C(=C/c2ccc(C)s2)C(=O)N(c2ccccc2)C1=O. The standard InChI is InChI=1S/C19H18N2O4S/c1-13-8-9-15(26-13)12-16-17(22)20(10-11-25-2)19(24)21(18(16)23)14-6-4-3-5-7-14/h3-9,12H,10-11H2,1-2H3/b16-12-. The number of ether oxygens (including phenoxy) is 1. The van der Waals surface area contributed by atoms with Crippen LogP contribution in [0.2, 0.25) is 0 Å². The van der Waals surface area contributed by atoms with Crippen LogP contribution >= 0.6 is 11.3 Å². The molecule has 0 N–H and O–H groups in total. The van der Waals surface area contributed by atoms with Gasteiger partial charge in [0.25, 0.3) is 11.8 Å². The number of amides is 4. The Balaban J connectivity index is 2.05. The number of benzene rings is 1. The lowest BCUT2D eigenvalue weighted by Gasteiger charge is -2.33. The second-order valence-electron chi connectivity index (χ2n) is 5.71. The van der Waals surface area contributed by atoms with Gasteiger partial charge < -0.3 is 4.74 Å². The molecular weight excluding hydrogens is 352 g/mol. The van der Waals surface area contributed by atoms with Gasteiger partial charge >= 0.3 is 6.03 Å². The molecule has 0 aliphatic carbocycles. The van der Waals surface area contributed by atoms with Crippen LogP contribution in [0.1, 0.15) is 9.75 Å². The number of aryl methyl sites for hydroxylation is 1. The number of anilines is 1. The highest BCUT2D eigenvalue weighted by Crippen LogP contribution is 2.27. The summed E-state index contributed by atoms with van der Waals surface area (Å²) in [5, 5.41) is 0. The van der Waals surface area contributed by atoms with Crippen LogP contribution in [-0.4, -0.2) is 43.0 Å². The zero-order chi connectivity index (χ0) is 18.7. The number of urea groups is 1. The summed E-state index contributed by atoms with van der Waals surface area (Å²) in [7, 11) is 1.49. The van der Waals surface area contributed by atoms with Gasteiger partial charge in [0.2, 0.25) is 0 Å². The smallest absolute Gasteiger partial charge is 0.338 e. The van der Waals surface area contributed by atoms with Crippen LogP contribution < -0.4 is 4.90 Å². The molecule has 134 valence electrons. The minimum absolute atomic E-state index is 0.0357. The number of para-hydroxylation sites is 1. The summed E-state index contributed by atoms with van der Waals surface area (Å²) in [4.78, 5) is 42.4. The summed E-state index contributed by atoms with van der Waals surface area (Å²) in [6, 6.07) is 11.7. The highest BCUT2D eigenvalue weighted by Gasteiger charge is 2.42. The number of imide groups is 2. The molecule has 2 aromatic rings. The molecule has 2 heterocycles. The summed E-state index contributed by atoms with van der Waals surface area (Å²) in [6.07, 6.45) is 1.55. The largest absolute Gasteiger partial charge is 0.383 e. The first kappa shape index (κ1) is 18.0. The van der Waals surface area contributed by atoms with Gasteiger partial charge in [-0.05, 0) is 37.3 Å². The van der Waals surface area contributed by atoms with Gasteiger partial charge in [-0.1, -0.05) is 18.2 Å². The van der Waals surface area contributed by atoms with Crippen molar-refractivity contribution >= 4 is 40.9 Å². The number of hydrogen-bond acceptors (Lipinski definition) is 5. The van der Waals surface area contributed by atoms with Gasteiger partial charge in [-0.3, -0.25) is 14.5 Å².